The first-order chi connectivity index (χ1) is 2.83. The fraction of sp³-hybridized carbons (Fsp3) is 0. The molecule has 0 heterocycles. The normalized spacial score (nSPS) is 2.50. The van der Waals surface area contributed by atoms with Crippen LogP contribution in [0.25, 0.3) is 5.41 Å². The molecule has 0 atom stereocenters. The van der Waals surface area contributed by atoms with E-state index in [0.717, 1.165) is 5.34 Å². The average Bonchev–Trinajstić information content (AvgIpc) is 1.39. The van der Waals surface area contributed by atoms with E-state index in [1.54, 1.807) is 0 Å². The van der Waals surface area contributed by atoms with Crippen molar-refractivity contribution in [3.63, 3.8) is 0 Å². The number of rotatable bonds is 0. The first-order valence-corrected chi connectivity index (χ1v) is 1.20. The van der Waals surface area contributed by atoms with Crippen molar-refractivity contribution in [2.75, 3.05) is 0 Å². The molecule has 7 heteroatoms. The fourth-order valence-corrected chi connectivity index (χ4v) is 0. The standard InChI is InChI=1S/CNS.HNO2.2Na/c2*2-1-3;;/h;(H,2,3);;/q-1;;2*+1/p-1. The number of nitrogens with zero attached hydrogens (tertiary/aromatic N) is 2. The van der Waals surface area contributed by atoms with E-state index >= 15 is 0 Å². The van der Waals surface area contributed by atoms with Gasteiger partial charge < -0.3 is 15.5 Å². The van der Waals surface area contributed by atoms with Crippen LogP contribution in [0.15, 0.2) is 5.34 Å². The maximum atomic E-state index is 8.00. The second-order valence-corrected chi connectivity index (χ2v) is 0.348. The summed E-state index contributed by atoms with van der Waals surface area (Å²) in [5.74, 6) is 0. The Balaban J connectivity index is -0.0000000160. The first kappa shape index (κ1) is 22.9. The van der Waals surface area contributed by atoms with E-state index < -0.39 is 0 Å². The zero-order valence-electron chi connectivity index (χ0n) is 4.62. The molecule has 34 valence electrons. The summed E-state index contributed by atoms with van der Waals surface area (Å²) in [5, 5.41) is 17.5. The Morgan fingerprint density at radius 2 is 1.62 bits per heavy atom. The number of hydrogen-bond donors (Lipinski definition) is 0. The molecule has 0 aromatic heterocycles. The van der Waals surface area contributed by atoms with Crippen molar-refractivity contribution < 1.29 is 59.1 Å². The summed E-state index contributed by atoms with van der Waals surface area (Å²) in [7, 11) is 0. The smallest absolute Gasteiger partial charge is 0.753 e. The molecule has 0 N–H and O–H groups in total. The maximum Gasteiger partial charge on any atom is 1.00 e. The molecule has 8 heavy (non-hydrogen) atoms. The molecule has 0 rings (SSSR count). The molecule has 0 aliphatic rings. The molecular formula is CN2Na2O2S. The van der Waals surface area contributed by atoms with Crippen LogP contribution in [-0.2, 0) is 0 Å². The van der Waals surface area contributed by atoms with Crippen molar-refractivity contribution in [3.05, 3.63) is 15.5 Å². The van der Waals surface area contributed by atoms with Crippen molar-refractivity contribution >= 4 is 17.4 Å². The minimum atomic E-state index is 0. The van der Waals surface area contributed by atoms with Crippen LogP contribution in [0.1, 0.15) is 0 Å². The molecule has 0 aromatic rings. The molecule has 0 radical (unpaired) electrons. The van der Waals surface area contributed by atoms with E-state index in [4.69, 9.17) is 15.5 Å². The maximum absolute atomic E-state index is 8.00. The van der Waals surface area contributed by atoms with Gasteiger partial charge in [-0.05, 0) is 0 Å². The van der Waals surface area contributed by atoms with Crippen LogP contribution in [0.5, 0.6) is 0 Å². The molecule has 4 nitrogen and oxygen atoms in total. The van der Waals surface area contributed by atoms with Crippen LogP contribution < -0.4 is 59.1 Å². The van der Waals surface area contributed by atoms with Crippen LogP contribution in [0, 0.1) is 10.1 Å². The second kappa shape index (κ2) is 41.5. The molecule has 0 bridgehead atoms. The number of hydrogen-bond acceptors (Lipinski definition) is 4. The number of thiocarbonyl (C=S) groups is 1. The largest absolute Gasteiger partial charge is 1.00 e. The third kappa shape index (κ3) is 192. The molecule has 0 aliphatic heterocycles. The minimum absolute atomic E-state index is 0. The molecule has 0 amide bonds. The minimum Gasteiger partial charge on any atom is -0.753 e. The molecule has 0 aliphatic carbocycles. The Morgan fingerprint density at radius 3 is 1.62 bits per heavy atom. The van der Waals surface area contributed by atoms with Gasteiger partial charge in [-0.25, -0.2) is 0 Å². The summed E-state index contributed by atoms with van der Waals surface area (Å²) in [6, 6.07) is 0. The third-order valence-electron chi connectivity index (χ3n) is 0. The molecular weight excluding hydrogens is 150 g/mol. The Hall–Kier alpha value is 1.20. The molecule has 0 spiro atoms. The molecule has 0 saturated heterocycles. The quantitative estimate of drug-likeness (QED) is 0.114. The van der Waals surface area contributed by atoms with Gasteiger partial charge in [0.25, 0.3) is 0 Å². The Labute approximate surface area is 96.1 Å². The zero-order valence-corrected chi connectivity index (χ0v) is 9.44. The second-order valence-electron chi connectivity index (χ2n) is 0.166. The van der Waals surface area contributed by atoms with Crippen LogP contribution in [0.4, 0.5) is 0 Å². The van der Waals surface area contributed by atoms with Crippen molar-refractivity contribution in [3.8, 4) is 0 Å². The fourth-order valence-electron chi connectivity index (χ4n) is 0. The van der Waals surface area contributed by atoms with E-state index in [1.165, 1.54) is 5.16 Å². The topological polar surface area (TPSA) is 74.8 Å². The average molecular weight is 150 g/mol. The van der Waals surface area contributed by atoms with Gasteiger partial charge in [-0.3, -0.25) is 0 Å². The van der Waals surface area contributed by atoms with Gasteiger partial charge in [0, 0.05) is 0 Å². The van der Waals surface area contributed by atoms with Crippen molar-refractivity contribution in [1.82, 2.24) is 0 Å². The summed E-state index contributed by atoms with van der Waals surface area (Å²) in [6.45, 7) is 0. The summed E-state index contributed by atoms with van der Waals surface area (Å²) in [6.07, 6.45) is 0. The summed E-state index contributed by atoms with van der Waals surface area (Å²) in [5.41, 5.74) is 0. The van der Waals surface area contributed by atoms with Crippen LogP contribution in [-0.4, -0.2) is 5.16 Å². The Bertz CT molecular complexity index is 63.1. The van der Waals surface area contributed by atoms with Crippen LogP contribution in [0.3, 0.4) is 0 Å². The summed E-state index contributed by atoms with van der Waals surface area (Å²) < 4.78 is 0. The van der Waals surface area contributed by atoms with Crippen LogP contribution in [0.2, 0.25) is 0 Å². The van der Waals surface area contributed by atoms with Crippen molar-refractivity contribution in [2.45, 2.75) is 0 Å². The van der Waals surface area contributed by atoms with E-state index in [-0.39, 0.29) is 59.1 Å². The third-order valence-corrected chi connectivity index (χ3v) is 0. The van der Waals surface area contributed by atoms with Gasteiger partial charge in [0.05, 0.1) is 0 Å². The van der Waals surface area contributed by atoms with Gasteiger partial charge in [-0.1, -0.05) is 12.2 Å². The van der Waals surface area contributed by atoms with E-state index in [1.807, 2.05) is 0 Å². The molecule has 0 saturated carbocycles. The zero-order chi connectivity index (χ0) is 5.41. The SMILES string of the molecule is O=N[O-].[N-]=C=S.[Na+].[Na+]. The summed E-state index contributed by atoms with van der Waals surface area (Å²) in [4.78, 5) is 8.00. The van der Waals surface area contributed by atoms with Gasteiger partial charge in [0.2, 0.25) is 0 Å². The van der Waals surface area contributed by atoms with E-state index in [9.17, 15) is 0 Å². The van der Waals surface area contributed by atoms with Crippen LogP contribution >= 0.6 is 12.2 Å². The van der Waals surface area contributed by atoms with Gasteiger partial charge in [0.15, 0.2) is 0 Å². The Morgan fingerprint density at radius 1 is 1.62 bits per heavy atom. The van der Waals surface area contributed by atoms with Crippen molar-refractivity contribution in [1.29, 1.82) is 0 Å². The number of isothiocyanates is 1. The molecule has 0 aromatic carbocycles. The van der Waals surface area contributed by atoms with Crippen molar-refractivity contribution in [2.24, 2.45) is 5.34 Å². The molecule has 0 unspecified atom stereocenters. The predicted octanol–water partition coefficient (Wildman–Crippen LogP) is -5.08. The van der Waals surface area contributed by atoms with E-state index in [2.05, 4.69) is 12.2 Å². The Kier molecular flexibility index (Phi) is 119. The summed E-state index contributed by atoms with van der Waals surface area (Å²) >= 11 is 3.70. The molecule has 0 fully saturated rings. The first-order valence-electron chi connectivity index (χ1n) is 0.793. The van der Waals surface area contributed by atoms with Gasteiger partial charge in [-0.15, -0.1) is 5.34 Å². The predicted molar refractivity (Wildman–Crippen MR) is 25.1 cm³/mol. The van der Waals surface area contributed by atoms with E-state index in [0.29, 0.717) is 0 Å². The monoisotopic (exact) mass is 150 g/mol. The van der Waals surface area contributed by atoms with Gasteiger partial charge in [-0.2, -0.15) is 5.16 Å². The van der Waals surface area contributed by atoms with Gasteiger partial charge >= 0.3 is 59.1 Å². The van der Waals surface area contributed by atoms with Gasteiger partial charge in [0.1, 0.15) is 0 Å².